The van der Waals surface area contributed by atoms with E-state index < -0.39 is 0 Å². The fraction of sp³-hybridized carbons (Fsp3) is 0.588. The summed E-state index contributed by atoms with van der Waals surface area (Å²) >= 11 is 0. The Morgan fingerprint density at radius 2 is 2.24 bits per heavy atom. The van der Waals surface area contributed by atoms with Crippen molar-refractivity contribution >= 4 is 5.96 Å². The number of likely N-dealkylation sites (tertiary alicyclic amines) is 1. The number of methoxy groups -OCH3 is 1. The van der Waals surface area contributed by atoms with Crippen molar-refractivity contribution in [1.82, 2.24) is 10.2 Å². The molecule has 0 radical (unpaired) electrons. The summed E-state index contributed by atoms with van der Waals surface area (Å²) in [6.45, 7) is 8.83. The number of benzene rings is 1. The van der Waals surface area contributed by atoms with Crippen molar-refractivity contribution < 1.29 is 4.74 Å². The number of rotatable bonds is 5. The molecule has 1 atom stereocenters. The minimum absolute atomic E-state index is 0.623. The molecule has 0 bridgehead atoms. The predicted molar refractivity (Wildman–Crippen MR) is 87.6 cm³/mol. The molecule has 0 aliphatic carbocycles. The lowest BCUT2D eigenvalue weighted by Gasteiger charge is -2.21. The highest BCUT2D eigenvalue weighted by molar-refractivity contribution is 5.80. The lowest BCUT2D eigenvalue weighted by atomic mass is 10.1. The van der Waals surface area contributed by atoms with Gasteiger partial charge in [-0.05, 0) is 31.4 Å². The molecule has 0 spiro atoms. The number of nitrogens with one attached hydrogen (secondary N) is 1. The molecule has 1 saturated heterocycles. The van der Waals surface area contributed by atoms with Crippen molar-refractivity contribution in [2.75, 3.05) is 33.4 Å². The lowest BCUT2D eigenvalue weighted by molar-refractivity contribution is 0.157. The molecule has 1 aliphatic rings. The minimum Gasteiger partial charge on any atom is -0.384 e. The third-order valence-electron chi connectivity index (χ3n) is 3.98. The first-order valence-electron chi connectivity index (χ1n) is 7.81. The van der Waals surface area contributed by atoms with E-state index in [1.165, 1.54) is 17.5 Å². The fourth-order valence-electron chi connectivity index (χ4n) is 2.77. The summed E-state index contributed by atoms with van der Waals surface area (Å²) in [7, 11) is 1.78. The summed E-state index contributed by atoms with van der Waals surface area (Å²) in [5.41, 5.74) is 2.59. The maximum atomic E-state index is 5.27. The molecule has 1 aliphatic heterocycles. The van der Waals surface area contributed by atoms with E-state index in [9.17, 15) is 0 Å². The second-order valence-corrected chi connectivity index (χ2v) is 5.65. The van der Waals surface area contributed by atoms with E-state index >= 15 is 0 Å². The van der Waals surface area contributed by atoms with Crippen LogP contribution in [0.25, 0.3) is 0 Å². The van der Waals surface area contributed by atoms with Gasteiger partial charge in [-0.2, -0.15) is 0 Å². The largest absolute Gasteiger partial charge is 0.384 e. The first-order chi connectivity index (χ1) is 10.2. The molecule has 0 aromatic heterocycles. The Hall–Kier alpha value is -1.55. The second-order valence-electron chi connectivity index (χ2n) is 5.65. The number of aliphatic imine (C=N–C) groups is 1. The Bertz CT molecular complexity index is 473. The quantitative estimate of drug-likeness (QED) is 0.668. The molecule has 1 heterocycles. The molecular weight excluding hydrogens is 262 g/mol. The minimum atomic E-state index is 0.623. The molecule has 1 fully saturated rings. The van der Waals surface area contributed by atoms with Gasteiger partial charge in [-0.15, -0.1) is 0 Å². The molecule has 1 aromatic rings. The molecule has 0 saturated carbocycles. The van der Waals surface area contributed by atoms with Crippen LogP contribution in [0.1, 0.15) is 24.5 Å². The average molecular weight is 289 g/mol. The van der Waals surface area contributed by atoms with Crippen LogP contribution in [0, 0.1) is 12.8 Å². The van der Waals surface area contributed by atoms with Crippen LogP contribution >= 0.6 is 0 Å². The summed E-state index contributed by atoms with van der Waals surface area (Å²) in [6.07, 6.45) is 1.18. The van der Waals surface area contributed by atoms with Crippen LogP contribution < -0.4 is 5.32 Å². The second kappa shape index (κ2) is 8.03. The van der Waals surface area contributed by atoms with Crippen LogP contribution in [-0.4, -0.2) is 44.2 Å². The summed E-state index contributed by atoms with van der Waals surface area (Å²) in [5, 5.41) is 3.41. The van der Waals surface area contributed by atoms with E-state index in [2.05, 4.69) is 48.3 Å². The Balaban J connectivity index is 2.01. The number of aryl methyl sites for hydroxylation is 1. The van der Waals surface area contributed by atoms with Crippen LogP contribution in [0.2, 0.25) is 0 Å². The maximum Gasteiger partial charge on any atom is 0.194 e. The van der Waals surface area contributed by atoms with Gasteiger partial charge < -0.3 is 15.0 Å². The predicted octanol–water partition coefficient (Wildman–Crippen LogP) is 2.43. The van der Waals surface area contributed by atoms with Gasteiger partial charge >= 0.3 is 0 Å². The summed E-state index contributed by atoms with van der Waals surface area (Å²) in [6, 6.07) is 8.45. The zero-order valence-corrected chi connectivity index (χ0v) is 13.4. The number of ether oxygens (including phenoxy) is 1. The SMILES string of the molecule is CCNC(=NCc1ccccc1C)N1CCC(COC)C1. The van der Waals surface area contributed by atoms with Crippen LogP contribution in [0.15, 0.2) is 29.3 Å². The average Bonchev–Trinajstić information content (AvgIpc) is 2.94. The van der Waals surface area contributed by atoms with Gasteiger partial charge in [-0.1, -0.05) is 24.3 Å². The van der Waals surface area contributed by atoms with Gasteiger partial charge in [-0.25, -0.2) is 4.99 Å². The van der Waals surface area contributed by atoms with Gasteiger partial charge in [0.15, 0.2) is 5.96 Å². The Kier molecular flexibility index (Phi) is 6.05. The van der Waals surface area contributed by atoms with Crippen LogP contribution in [-0.2, 0) is 11.3 Å². The van der Waals surface area contributed by atoms with Crippen molar-refractivity contribution in [2.24, 2.45) is 10.9 Å². The molecular formula is C17H27N3O. The Morgan fingerprint density at radius 3 is 2.95 bits per heavy atom. The van der Waals surface area contributed by atoms with Gasteiger partial charge in [-0.3, -0.25) is 0 Å². The van der Waals surface area contributed by atoms with E-state index in [4.69, 9.17) is 9.73 Å². The molecule has 0 amide bonds. The number of nitrogens with zero attached hydrogens (tertiary/aromatic N) is 2. The molecule has 1 N–H and O–H groups in total. The van der Waals surface area contributed by atoms with Crippen LogP contribution in [0.5, 0.6) is 0 Å². The smallest absolute Gasteiger partial charge is 0.194 e. The maximum absolute atomic E-state index is 5.27. The van der Waals surface area contributed by atoms with Crippen LogP contribution in [0.4, 0.5) is 0 Å². The van der Waals surface area contributed by atoms with Crippen molar-refractivity contribution in [3.63, 3.8) is 0 Å². The normalized spacial score (nSPS) is 19.1. The van der Waals surface area contributed by atoms with Gasteiger partial charge in [0.25, 0.3) is 0 Å². The Labute approximate surface area is 128 Å². The van der Waals surface area contributed by atoms with E-state index in [-0.39, 0.29) is 0 Å². The highest BCUT2D eigenvalue weighted by Gasteiger charge is 2.24. The highest BCUT2D eigenvalue weighted by atomic mass is 16.5. The number of guanidine groups is 1. The zero-order valence-electron chi connectivity index (χ0n) is 13.4. The van der Waals surface area contributed by atoms with Crippen molar-refractivity contribution in [3.05, 3.63) is 35.4 Å². The fourth-order valence-corrected chi connectivity index (χ4v) is 2.77. The first-order valence-corrected chi connectivity index (χ1v) is 7.81. The van der Waals surface area contributed by atoms with Gasteiger partial charge in [0, 0.05) is 32.7 Å². The molecule has 4 heteroatoms. The summed E-state index contributed by atoms with van der Waals surface area (Å²) < 4.78 is 5.27. The molecule has 4 nitrogen and oxygen atoms in total. The first kappa shape index (κ1) is 15.8. The van der Waals surface area contributed by atoms with Crippen molar-refractivity contribution in [2.45, 2.75) is 26.8 Å². The zero-order chi connectivity index (χ0) is 15.1. The molecule has 116 valence electrons. The van der Waals surface area contributed by atoms with Crippen molar-refractivity contribution in [1.29, 1.82) is 0 Å². The molecule has 2 rings (SSSR count). The van der Waals surface area contributed by atoms with Gasteiger partial charge in [0.1, 0.15) is 0 Å². The molecule has 21 heavy (non-hydrogen) atoms. The lowest BCUT2D eigenvalue weighted by Crippen LogP contribution is -2.40. The summed E-state index contributed by atoms with van der Waals surface area (Å²) in [5.74, 6) is 1.65. The van der Waals surface area contributed by atoms with Gasteiger partial charge in [0.2, 0.25) is 0 Å². The standard InChI is InChI=1S/C17H27N3O/c1-4-18-17(20-10-9-15(12-20)13-21-3)19-11-16-8-6-5-7-14(16)2/h5-8,15H,4,9-13H2,1-3H3,(H,18,19). The topological polar surface area (TPSA) is 36.9 Å². The van der Waals surface area contributed by atoms with E-state index in [0.29, 0.717) is 5.92 Å². The molecule has 1 aromatic carbocycles. The number of hydrogen-bond donors (Lipinski definition) is 1. The van der Waals surface area contributed by atoms with E-state index in [1.807, 2.05) is 0 Å². The number of hydrogen-bond acceptors (Lipinski definition) is 2. The van der Waals surface area contributed by atoms with Crippen molar-refractivity contribution in [3.8, 4) is 0 Å². The third-order valence-corrected chi connectivity index (χ3v) is 3.98. The van der Waals surface area contributed by atoms with Gasteiger partial charge in [0.05, 0.1) is 13.2 Å². The van der Waals surface area contributed by atoms with E-state index in [1.54, 1.807) is 7.11 Å². The Morgan fingerprint density at radius 1 is 1.43 bits per heavy atom. The van der Waals surface area contributed by atoms with E-state index in [0.717, 1.165) is 38.7 Å². The summed E-state index contributed by atoms with van der Waals surface area (Å²) in [4.78, 5) is 7.16. The van der Waals surface area contributed by atoms with Crippen LogP contribution in [0.3, 0.4) is 0 Å². The molecule has 1 unspecified atom stereocenters. The monoisotopic (exact) mass is 289 g/mol. The highest BCUT2D eigenvalue weighted by Crippen LogP contribution is 2.17. The third kappa shape index (κ3) is 4.46.